The van der Waals surface area contributed by atoms with E-state index in [-0.39, 0.29) is 12.1 Å². The molecule has 0 saturated carbocycles. The SMILES string of the molecule is CCN(C(=O)NC(C)(C)c1ccccc1)C(C)c1ccc(Cl)cc1. The number of amides is 2. The Hall–Kier alpha value is -2.00. The van der Waals surface area contributed by atoms with Crippen molar-refractivity contribution in [3.05, 3.63) is 70.7 Å². The van der Waals surface area contributed by atoms with Gasteiger partial charge in [0.1, 0.15) is 0 Å². The van der Waals surface area contributed by atoms with Crippen molar-refractivity contribution in [2.75, 3.05) is 6.54 Å². The molecule has 1 atom stereocenters. The van der Waals surface area contributed by atoms with Crippen LogP contribution < -0.4 is 5.32 Å². The zero-order valence-corrected chi connectivity index (χ0v) is 15.5. The maximum atomic E-state index is 12.8. The molecule has 0 aliphatic heterocycles. The minimum absolute atomic E-state index is 0.0289. The highest BCUT2D eigenvalue weighted by Gasteiger charge is 2.27. The van der Waals surface area contributed by atoms with Crippen LogP contribution in [0, 0.1) is 0 Å². The van der Waals surface area contributed by atoms with E-state index in [1.54, 1.807) is 0 Å². The zero-order valence-electron chi connectivity index (χ0n) is 14.7. The lowest BCUT2D eigenvalue weighted by Gasteiger charge is -2.34. The fourth-order valence-corrected chi connectivity index (χ4v) is 2.91. The lowest BCUT2D eigenvalue weighted by Crippen LogP contribution is -2.49. The van der Waals surface area contributed by atoms with Gasteiger partial charge in [-0.1, -0.05) is 54.1 Å². The third-order valence-electron chi connectivity index (χ3n) is 4.34. The molecule has 0 bridgehead atoms. The lowest BCUT2D eigenvalue weighted by molar-refractivity contribution is 0.172. The van der Waals surface area contributed by atoms with Crippen LogP contribution in [0.2, 0.25) is 5.02 Å². The van der Waals surface area contributed by atoms with E-state index >= 15 is 0 Å². The van der Waals surface area contributed by atoms with Crippen molar-refractivity contribution in [3.63, 3.8) is 0 Å². The fraction of sp³-hybridized carbons (Fsp3) is 0.350. The summed E-state index contributed by atoms with van der Waals surface area (Å²) in [5.41, 5.74) is 1.70. The highest BCUT2D eigenvalue weighted by atomic mass is 35.5. The molecule has 0 aromatic heterocycles. The van der Waals surface area contributed by atoms with Crippen LogP contribution in [0.1, 0.15) is 44.9 Å². The molecule has 2 aromatic rings. The average Bonchev–Trinajstić information content (AvgIpc) is 2.56. The van der Waals surface area contributed by atoms with Crippen LogP contribution in [-0.2, 0) is 5.54 Å². The number of nitrogens with one attached hydrogen (secondary N) is 1. The van der Waals surface area contributed by atoms with Gasteiger partial charge in [0.2, 0.25) is 0 Å². The molecule has 3 nitrogen and oxygen atoms in total. The van der Waals surface area contributed by atoms with Crippen LogP contribution in [0.15, 0.2) is 54.6 Å². The molecular formula is C20H25ClN2O. The highest BCUT2D eigenvalue weighted by Crippen LogP contribution is 2.24. The molecule has 2 rings (SSSR count). The minimum Gasteiger partial charge on any atom is -0.329 e. The first-order valence-corrected chi connectivity index (χ1v) is 8.62. The Bertz CT molecular complexity index is 668. The maximum absolute atomic E-state index is 12.8. The molecule has 0 fully saturated rings. The van der Waals surface area contributed by atoms with Gasteiger partial charge >= 0.3 is 6.03 Å². The summed E-state index contributed by atoms with van der Waals surface area (Å²) >= 11 is 5.95. The summed E-state index contributed by atoms with van der Waals surface area (Å²) in [6, 6.07) is 17.5. The second-order valence-corrected chi connectivity index (χ2v) is 6.87. The average molecular weight is 345 g/mol. The van der Waals surface area contributed by atoms with Crippen molar-refractivity contribution in [1.29, 1.82) is 0 Å². The van der Waals surface area contributed by atoms with E-state index in [2.05, 4.69) is 5.32 Å². The second kappa shape index (κ2) is 7.71. The topological polar surface area (TPSA) is 32.3 Å². The first kappa shape index (κ1) is 18.3. The molecule has 1 N–H and O–H groups in total. The van der Waals surface area contributed by atoms with Crippen molar-refractivity contribution in [1.82, 2.24) is 10.2 Å². The van der Waals surface area contributed by atoms with Crippen molar-refractivity contribution in [3.8, 4) is 0 Å². The van der Waals surface area contributed by atoms with Gasteiger partial charge in [-0.25, -0.2) is 4.79 Å². The number of rotatable bonds is 5. The Morgan fingerprint density at radius 2 is 1.71 bits per heavy atom. The molecule has 2 aromatic carbocycles. The molecule has 128 valence electrons. The van der Waals surface area contributed by atoms with Crippen LogP contribution >= 0.6 is 11.6 Å². The molecule has 24 heavy (non-hydrogen) atoms. The number of nitrogens with zero attached hydrogens (tertiary/aromatic N) is 1. The molecule has 1 unspecified atom stereocenters. The van der Waals surface area contributed by atoms with Crippen molar-refractivity contribution in [2.24, 2.45) is 0 Å². The number of hydrogen-bond donors (Lipinski definition) is 1. The molecule has 0 radical (unpaired) electrons. The first-order valence-electron chi connectivity index (χ1n) is 8.25. The standard InChI is InChI=1S/C20H25ClN2O/c1-5-23(15(2)16-11-13-18(21)14-12-16)19(24)22-20(3,4)17-9-7-6-8-10-17/h6-15H,5H2,1-4H3,(H,22,24). The van der Waals surface area contributed by atoms with Crippen LogP contribution in [-0.4, -0.2) is 17.5 Å². The number of benzene rings is 2. The van der Waals surface area contributed by atoms with Crippen LogP contribution in [0.3, 0.4) is 0 Å². The Balaban J connectivity index is 2.15. The molecule has 0 aliphatic carbocycles. The smallest absolute Gasteiger partial charge is 0.318 e. The van der Waals surface area contributed by atoms with Crippen LogP contribution in [0.5, 0.6) is 0 Å². The van der Waals surface area contributed by atoms with Crippen molar-refractivity contribution in [2.45, 2.75) is 39.3 Å². The summed E-state index contributed by atoms with van der Waals surface area (Å²) < 4.78 is 0. The van der Waals surface area contributed by atoms with E-state index in [0.29, 0.717) is 11.6 Å². The fourth-order valence-electron chi connectivity index (χ4n) is 2.78. The molecule has 0 saturated heterocycles. The summed E-state index contributed by atoms with van der Waals surface area (Å²) in [4.78, 5) is 14.7. The van der Waals surface area contributed by atoms with Gasteiger partial charge in [0, 0.05) is 11.6 Å². The largest absolute Gasteiger partial charge is 0.329 e. The van der Waals surface area contributed by atoms with Gasteiger partial charge in [-0.15, -0.1) is 0 Å². The quantitative estimate of drug-likeness (QED) is 0.777. The molecular weight excluding hydrogens is 320 g/mol. The Kier molecular flexibility index (Phi) is 5.89. The van der Waals surface area contributed by atoms with Gasteiger partial charge in [0.05, 0.1) is 11.6 Å². The molecule has 2 amide bonds. The summed E-state index contributed by atoms with van der Waals surface area (Å²) in [6.45, 7) is 8.67. The summed E-state index contributed by atoms with van der Waals surface area (Å²) in [5.74, 6) is 0. The molecule has 4 heteroatoms. The zero-order chi connectivity index (χ0) is 17.7. The first-order chi connectivity index (χ1) is 11.3. The predicted octanol–water partition coefficient (Wildman–Crippen LogP) is 5.37. The molecule has 0 spiro atoms. The third-order valence-corrected chi connectivity index (χ3v) is 4.59. The number of urea groups is 1. The number of carbonyl (C=O) groups excluding carboxylic acids is 1. The minimum atomic E-state index is -0.439. The molecule has 0 heterocycles. The van der Waals surface area contributed by atoms with Crippen LogP contribution in [0.25, 0.3) is 0 Å². The van der Waals surface area contributed by atoms with Gasteiger partial charge in [-0.05, 0) is 51.0 Å². The van der Waals surface area contributed by atoms with E-state index < -0.39 is 5.54 Å². The highest BCUT2D eigenvalue weighted by molar-refractivity contribution is 6.30. The van der Waals surface area contributed by atoms with Gasteiger partial charge in [-0.2, -0.15) is 0 Å². The van der Waals surface area contributed by atoms with Gasteiger partial charge in [0.15, 0.2) is 0 Å². The van der Waals surface area contributed by atoms with Gasteiger partial charge in [0.25, 0.3) is 0 Å². The number of halogens is 1. The van der Waals surface area contributed by atoms with Crippen LogP contribution in [0.4, 0.5) is 4.79 Å². The van der Waals surface area contributed by atoms with E-state index in [4.69, 9.17) is 11.6 Å². The summed E-state index contributed by atoms with van der Waals surface area (Å²) in [6.07, 6.45) is 0. The molecule has 0 aliphatic rings. The number of hydrogen-bond acceptors (Lipinski definition) is 1. The summed E-state index contributed by atoms with van der Waals surface area (Å²) in [7, 11) is 0. The van der Waals surface area contributed by atoms with E-state index in [1.807, 2.05) is 87.2 Å². The predicted molar refractivity (Wildman–Crippen MR) is 100 cm³/mol. The maximum Gasteiger partial charge on any atom is 0.318 e. The van der Waals surface area contributed by atoms with Crippen molar-refractivity contribution < 1.29 is 4.79 Å². The number of carbonyl (C=O) groups is 1. The Labute approximate surface area is 149 Å². The Morgan fingerprint density at radius 1 is 1.12 bits per heavy atom. The van der Waals surface area contributed by atoms with Gasteiger partial charge < -0.3 is 10.2 Å². The second-order valence-electron chi connectivity index (χ2n) is 6.43. The summed E-state index contributed by atoms with van der Waals surface area (Å²) in [5, 5.41) is 3.84. The normalized spacial score (nSPS) is 12.5. The van der Waals surface area contributed by atoms with Gasteiger partial charge in [-0.3, -0.25) is 0 Å². The Morgan fingerprint density at radius 3 is 2.25 bits per heavy atom. The third kappa shape index (κ3) is 4.30. The lowest BCUT2D eigenvalue weighted by atomic mass is 9.94. The van der Waals surface area contributed by atoms with E-state index in [9.17, 15) is 4.79 Å². The van der Waals surface area contributed by atoms with Crippen molar-refractivity contribution >= 4 is 17.6 Å². The monoisotopic (exact) mass is 344 g/mol. The van der Waals surface area contributed by atoms with E-state index in [1.165, 1.54) is 0 Å². The van der Waals surface area contributed by atoms with E-state index in [0.717, 1.165) is 11.1 Å².